The number of carbonyl (C=O) groups is 3. The van der Waals surface area contributed by atoms with Crippen molar-refractivity contribution >= 4 is 18.3 Å². The van der Waals surface area contributed by atoms with Gasteiger partial charge in [-0.3, -0.25) is 4.90 Å². The summed E-state index contributed by atoms with van der Waals surface area (Å²) in [6.07, 6.45) is -6.26. The summed E-state index contributed by atoms with van der Waals surface area (Å²) in [6.45, 7) is 2.08. The number of hydrogen-bond acceptors (Lipinski definition) is 10. The minimum absolute atomic E-state index is 0.0553. The van der Waals surface area contributed by atoms with E-state index < -0.39 is 85.0 Å². The fraction of sp³-hybridized carbons (Fsp3) is 0.583. The molecule has 53 heavy (non-hydrogen) atoms. The number of carbonyl (C=O) groups excluding carboxylic acids is 1. The van der Waals surface area contributed by atoms with Gasteiger partial charge in [-0.25, -0.2) is 14.4 Å². The highest BCUT2D eigenvalue weighted by molar-refractivity contribution is 5.68. The zero-order valence-electron chi connectivity index (χ0n) is 29.3. The van der Waals surface area contributed by atoms with Crippen LogP contribution in [0.4, 0.5) is 14.4 Å². The molecule has 2 saturated heterocycles. The van der Waals surface area contributed by atoms with E-state index >= 15 is 0 Å². The molecule has 17 nitrogen and oxygen atoms in total. The lowest BCUT2D eigenvalue weighted by Gasteiger charge is -2.47. The van der Waals surface area contributed by atoms with Crippen molar-refractivity contribution in [1.29, 1.82) is 0 Å². The minimum Gasteiger partial charge on any atom is -0.465 e. The monoisotopic (exact) mass is 738 g/mol. The average molecular weight is 739 g/mol. The van der Waals surface area contributed by atoms with E-state index in [0.717, 1.165) is 30.4 Å². The largest absolute Gasteiger partial charge is 0.465 e. The summed E-state index contributed by atoms with van der Waals surface area (Å²) >= 11 is 0. The molecular weight excluding hydrogens is 692 g/mol. The molecule has 2 aliphatic heterocycles. The Morgan fingerprint density at radius 2 is 1.57 bits per heavy atom. The van der Waals surface area contributed by atoms with E-state index in [0.29, 0.717) is 19.3 Å². The molecule has 2 aliphatic carbocycles. The van der Waals surface area contributed by atoms with Gasteiger partial charge in [0, 0.05) is 24.3 Å². The summed E-state index contributed by atoms with van der Waals surface area (Å²) in [5.41, 5.74) is 11.2. The number of benzene rings is 2. The molecule has 6 rings (SSSR count). The van der Waals surface area contributed by atoms with Crippen LogP contribution in [0.25, 0.3) is 10.4 Å². The van der Waals surface area contributed by atoms with Crippen molar-refractivity contribution in [3.8, 4) is 0 Å². The highest BCUT2D eigenvalue weighted by Gasteiger charge is 2.62. The zero-order valence-corrected chi connectivity index (χ0v) is 29.3. The van der Waals surface area contributed by atoms with Crippen LogP contribution >= 0.6 is 0 Å². The van der Waals surface area contributed by atoms with Crippen LogP contribution in [0.3, 0.4) is 0 Å². The first-order valence-corrected chi connectivity index (χ1v) is 18.0. The number of fused-ring (bicyclic) bond motifs is 1. The van der Waals surface area contributed by atoms with E-state index in [9.17, 15) is 35.2 Å². The number of azide groups is 1. The lowest BCUT2D eigenvalue weighted by atomic mass is 9.81. The van der Waals surface area contributed by atoms with E-state index in [2.05, 4.69) is 20.7 Å². The summed E-state index contributed by atoms with van der Waals surface area (Å²) in [5, 5.41) is 39.5. The Bertz CT molecular complexity index is 1610. The molecule has 0 bridgehead atoms. The summed E-state index contributed by atoms with van der Waals surface area (Å²) in [4.78, 5) is 42.2. The molecule has 0 radical (unpaired) electrons. The van der Waals surface area contributed by atoms with Crippen molar-refractivity contribution < 1.29 is 53.4 Å². The molecule has 5 N–H and O–H groups in total. The lowest BCUT2D eigenvalue weighted by molar-refractivity contribution is -0.265. The van der Waals surface area contributed by atoms with Crippen LogP contribution in [0.5, 0.6) is 0 Å². The van der Waals surface area contributed by atoms with E-state index in [4.69, 9.17) is 23.7 Å². The van der Waals surface area contributed by atoms with Crippen LogP contribution < -0.4 is 10.6 Å². The van der Waals surface area contributed by atoms with Crippen LogP contribution in [0.2, 0.25) is 0 Å². The van der Waals surface area contributed by atoms with Crippen molar-refractivity contribution in [2.75, 3.05) is 0 Å². The smallest absolute Gasteiger partial charge is 0.410 e. The van der Waals surface area contributed by atoms with Crippen molar-refractivity contribution in [2.45, 2.75) is 132 Å². The first-order valence-electron chi connectivity index (χ1n) is 18.0. The first kappa shape index (κ1) is 38.1. The van der Waals surface area contributed by atoms with E-state index in [1.165, 1.54) is 0 Å². The third-order valence-electron chi connectivity index (χ3n) is 10.5. The normalized spacial score (nSPS) is 30.9. The first-order chi connectivity index (χ1) is 25.6. The molecule has 17 heteroatoms. The molecule has 2 heterocycles. The second-order valence-corrected chi connectivity index (χ2v) is 14.0. The maximum atomic E-state index is 13.7. The maximum Gasteiger partial charge on any atom is 0.410 e. The molecule has 2 saturated carbocycles. The molecule has 0 aromatic heterocycles. The van der Waals surface area contributed by atoms with Gasteiger partial charge in [0.05, 0.1) is 36.4 Å². The van der Waals surface area contributed by atoms with Gasteiger partial charge in [-0.2, -0.15) is 0 Å². The Morgan fingerprint density at radius 3 is 2.21 bits per heavy atom. The topological polar surface area (TPSA) is 234 Å². The van der Waals surface area contributed by atoms with Crippen LogP contribution in [-0.2, 0) is 36.8 Å². The van der Waals surface area contributed by atoms with Crippen molar-refractivity contribution in [3.63, 3.8) is 0 Å². The van der Waals surface area contributed by atoms with Gasteiger partial charge in [0.1, 0.15) is 24.9 Å². The Labute approximate surface area is 306 Å². The van der Waals surface area contributed by atoms with Gasteiger partial charge in [-0.15, -0.1) is 0 Å². The van der Waals surface area contributed by atoms with Crippen LogP contribution in [-0.4, -0.2) is 105 Å². The van der Waals surface area contributed by atoms with Gasteiger partial charge in [-0.1, -0.05) is 72.2 Å². The standard InChI is InChI=1S/C36H46N6O11/c1-21(42(19-22-11-5-2-6-12-22)35(48)49-20-23-13-7-3-8-14-23)25-16-15-24(40-41-37)32(50-25)51-29-26(38-33(44)45)28(43)27(39-34(46)47)30-31(29)53-36(52-30)17-9-4-10-18-36/h2-3,5-8,11-14,21,24-32,38-39,43H,4,9-10,15-20H2,1H3,(H,44,45)(H,46,47)/t21?,24-,25+,26+,27-,28+,29-,30+,31+,32-/m1/s1. The lowest BCUT2D eigenvalue weighted by Crippen LogP contribution is -2.72. The highest BCUT2D eigenvalue weighted by Crippen LogP contribution is 2.46. The highest BCUT2D eigenvalue weighted by atomic mass is 16.8. The Balaban J connectivity index is 1.27. The van der Waals surface area contributed by atoms with Crippen LogP contribution in [0.15, 0.2) is 65.8 Å². The number of aliphatic hydroxyl groups excluding tert-OH is 1. The Morgan fingerprint density at radius 1 is 0.943 bits per heavy atom. The SMILES string of the molecule is CC([C@@H]1CC[C@@H](N=[N+]=[N-])[C@@H](O[C@@H]2[C@@H](NC(=O)O)[C@H](O)[C@@H](NC(=O)O)[C@@H]3OC4(CCCCC4)O[C@@H]23)O1)N(Cc1ccccc1)C(=O)OCc1ccccc1. The van der Waals surface area contributed by atoms with E-state index in [-0.39, 0.29) is 19.6 Å². The molecule has 4 aliphatic rings. The number of aliphatic hydroxyl groups is 1. The van der Waals surface area contributed by atoms with Crippen molar-refractivity contribution in [3.05, 3.63) is 82.2 Å². The molecule has 4 fully saturated rings. The third-order valence-corrected chi connectivity index (χ3v) is 10.5. The van der Waals surface area contributed by atoms with Crippen LogP contribution in [0.1, 0.15) is 63.0 Å². The maximum absolute atomic E-state index is 13.7. The number of nitrogens with zero attached hydrogens (tertiary/aromatic N) is 4. The molecule has 10 atom stereocenters. The molecule has 3 amide bonds. The minimum atomic E-state index is -1.65. The van der Waals surface area contributed by atoms with Gasteiger partial charge < -0.3 is 49.6 Å². The van der Waals surface area contributed by atoms with E-state index in [1.54, 1.807) is 4.90 Å². The summed E-state index contributed by atoms with van der Waals surface area (Å²) < 4.78 is 31.7. The fourth-order valence-corrected chi connectivity index (χ4v) is 7.89. The number of ether oxygens (including phenoxy) is 5. The Kier molecular flexibility index (Phi) is 12.2. The fourth-order valence-electron chi connectivity index (χ4n) is 7.89. The molecule has 1 spiro atoms. The quantitative estimate of drug-likeness (QED) is 0.118. The molecule has 2 aromatic carbocycles. The number of carboxylic acid groups (broad SMARTS) is 2. The second-order valence-electron chi connectivity index (χ2n) is 14.0. The molecule has 1 unspecified atom stereocenters. The van der Waals surface area contributed by atoms with Gasteiger partial charge in [0.15, 0.2) is 12.1 Å². The zero-order chi connectivity index (χ0) is 37.5. The Hall–Kier alpha value is -4.64. The molecular formula is C36H46N6O11. The average Bonchev–Trinajstić information content (AvgIpc) is 3.52. The molecule has 2 aromatic rings. The summed E-state index contributed by atoms with van der Waals surface area (Å²) in [7, 11) is 0. The van der Waals surface area contributed by atoms with E-state index in [1.807, 2.05) is 67.6 Å². The number of nitrogens with one attached hydrogen (secondary N) is 2. The molecule has 286 valence electrons. The number of hydrogen-bond donors (Lipinski definition) is 5. The second kappa shape index (κ2) is 17.0. The van der Waals surface area contributed by atoms with Crippen LogP contribution in [0, 0.1) is 0 Å². The van der Waals surface area contributed by atoms with Gasteiger partial charge >= 0.3 is 18.3 Å². The summed E-state index contributed by atoms with van der Waals surface area (Å²) in [6, 6.07) is 14.6. The predicted molar refractivity (Wildman–Crippen MR) is 185 cm³/mol. The van der Waals surface area contributed by atoms with Crippen molar-refractivity contribution in [2.24, 2.45) is 5.11 Å². The van der Waals surface area contributed by atoms with Crippen molar-refractivity contribution in [1.82, 2.24) is 15.5 Å². The van der Waals surface area contributed by atoms with Gasteiger partial charge in [-0.05, 0) is 49.3 Å². The summed E-state index contributed by atoms with van der Waals surface area (Å²) in [5.74, 6) is -1.09. The number of amides is 3. The van der Waals surface area contributed by atoms with Gasteiger partial charge in [0.25, 0.3) is 0 Å². The van der Waals surface area contributed by atoms with Gasteiger partial charge in [0.2, 0.25) is 0 Å². The third kappa shape index (κ3) is 8.95. The predicted octanol–water partition coefficient (Wildman–Crippen LogP) is 4.87. The number of rotatable bonds is 11.